The van der Waals surface area contributed by atoms with Gasteiger partial charge in [0.05, 0.1) is 0 Å². The van der Waals surface area contributed by atoms with Gasteiger partial charge >= 0.3 is 6.18 Å². The topological polar surface area (TPSA) is 67.4 Å². The van der Waals surface area contributed by atoms with Gasteiger partial charge in [-0.15, -0.1) is 0 Å². The molecule has 0 aliphatic carbocycles. The Morgan fingerprint density at radius 1 is 1.44 bits per heavy atom. The van der Waals surface area contributed by atoms with E-state index in [2.05, 4.69) is 14.3 Å². The molecule has 0 fully saturated rings. The summed E-state index contributed by atoms with van der Waals surface area (Å²) in [6.07, 6.45) is -1.94. The SMILES string of the molecule is N#Cc1nccn1-c1nc(C(F)(F)F)ns1. The Balaban J connectivity index is 2.44. The minimum Gasteiger partial charge on any atom is -0.265 e. The first-order valence-corrected chi connectivity index (χ1v) is 4.64. The summed E-state index contributed by atoms with van der Waals surface area (Å²) in [5.41, 5.74) is 0. The molecule has 0 saturated carbocycles. The number of imidazole rings is 1. The van der Waals surface area contributed by atoms with E-state index in [0.717, 1.165) is 4.57 Å². The van der Waals surface area contributed by atoms with E-state index in [1.54, 1.807) is 6.07 Å². The second kappa shape index (κ2) is 3.57. The van der Waals surface area contributed by atoms with E-state index in [9.17, 15) is 13.2 Å². The van der Waals surface area contributed by atoms with Gasteiger partial charge in [0.15, 0.2) is 0 Å². The average molecular weight is 245 g/mol. The zero-order chi connectivity index (χ0) is 11.8. The Kier molecular flexibility index (Phi) is 2.35. The normalized spacial score (nSPS) is 11.4. The van der Waals surface area contributed by atoms with Crippen molar-refractivity contribution in [3.05, 3.63) is 24.0 Å². The van der Waals surface area contributed by atoms with Crippen molar-refractivity contribution in [3.8, 4) is 11.2 Å². The van der Waals surface area contributed by atoms with E-state index in [0.29, 0.717) is 11.5 Å². The lowest BCUT2D eigenvalue weighted by molar-refractivity contribution is -0.144. The lowest BCUT2D eigenvalue weighted by Crippen LogP contribution is -2.07. The number of aromatic nitrogens is 4. The van der Waals surface area contributed by atoms with Gasteiger partial charge in [0, 0.05) is 23.9 Å². The van der Waals surface area contributed by atoms with Crippen LogP contribution < -0.4 is 0 Å². The molecule has 82 valence electrons. The number of rotatable bonds is 1. The molecule has 0 aromatic carbocycles. The molecule has 0 N–H and O–H groups in total. The summed E-state index contributed by atoms with van der Waals surface area (Å²) in [6.45, 7) is 0. The quantitative estimate of drug-likeness (QED) is 0.765. The van der Waals surface area contributed by atoms with Crippen molar-refractivity contribution in [3.63, 3.8) is 0 Å². The minimum atomic E-state index is -4.58. The summed E-state index contributed by atoms with van der Waals surface area (Å²) in [4.78, 5) is 6.93. The number of nitriles is 1. The Morgan fingerprint density at radius 2 is 2.19 bits per heavy atom. The first-order chi connectivity index (χ1) is 7.52. The van der Waals surface area contributed by atoms with Crippen molar-refractivity contribution in [1.82, 2.24) is 18.9 Å². The smallest absolute Gasteiger partial charge is 0.265 e. The Hall–Kier alpha value is -1.95. The number of alkyl halides is 3. The van der Waals surface area contributed by atoms with Crippen LogP contribution in [0.1, 0.15) is 11.6 Å². The van der Waals surface area contributed by atoms with Gasteiger partial charge in [-0.2, -0.15) is 27.8 Å². The standard InChI is InChI=1S/C7H2F3N5S/c8-7(9,10)5-13-6(16-14-5)15-2-1-12-4(15)3-11/h1-2H. The summed E-state index contributed by atoms with van der Waals surface area (Å²) in [6, 6.07) is 1.73. The van der Waals surface area contributed by atoms with Crippen LogP contribution in [0, 0.1) is 11.3 Å². The Morgan fingerprint density at radius 3 is 2.75 bits per heavy atom. The molecule has 2 aromatic heterocycles. The zero-order valence-electron chi connectivity index (χ0n) is 7.43. The van der Waals surface area contributed by atoms with Gasteiger partial charge < -0.3 is 0 Å². The molecular weight excluding hydrogens is 243 g/mol. The van der Waals surface area contributed by atoms with Crippen molar-refractivity contribution >= 4 is 11.5 Å². The molecule has 0 amide bonds. The van der Waals surface area contributed by atoms with Gasteiger partial charge in [-0.05, 0) is 0 Å². The van der Waals surface area contributed by atoms with E-state index >= 15 is 0 Å². The fourth-order valence-electron chi connectivity index (χ4n) is 0.969. The van der Waals surface area contributed by atoms with Gasteiger partial charge in [-0.3, -0.25) is 4.57 Å². The van der Waals surface area contributed by atoms with Crippen molar-refractivity contribution in [2.75, 3.05) is 0 Å². The van der Waals surface area contributed by atoms with Crippen LogP contribution in [-0.2, 0) is 6.18 Å². The van der Waals surface area contributed by atoms with E-state index in [1.165, 1.54) is 12.4 Å². The van der Waals surface area contributed by atoms with Gasteiger partial charge in [0.1, 0.15) is 6.07 Å². The van der Waals surface area contributed by atoms with Crippen molar-refractivity contribution in [2.45, 2.75) is 6.18 Å². The lowest BCUT2D eigenvalue weighted by Gasteiger charge is -1.98. The highest BCUT2D eigenvalue weighted by molar-refractivity contribution is 7.08. The van der Waals surface area contributed by atoms with Crippen molar-refractivity contribution in [1.29, 1.82) is 5.26 Å². The molecule has 0 bridgehead atoms. The third-order valence-electron chi connectivity index (χ3n) is 1.62. The van der Waals surface area contributed by atoms with Crippen molar-refractivity contribution < 1.29 is 13.2 Å². The van der Waals surface area contributed by atoms with Crippen molar-refractivity contribution in [2.24, 2.45) is 0 Å². The van der Waals surface area contributed by atoms with Crippen LogP contribution in [0.5, 0.6) is 0 Å². The maximum absolute atomic E-state index is 12.2. The van der Waals surface area contributed by atoms with Crippen LogP contribution in [-0.4, -0.2) is 18.9 Å². The molecule has 0 saturated heterocycles. The molecule has 16 heavy (non-hydrogen) atoms. The minimum absolute atomic E-state index is 0.0372. The highest BCUT2D eigenvalue weighted by Gasteiger charge is 2.36. The number of halogens is 3. The van der Waals surface area contributed by atoms with Gasteiger partial charge in [-0.25, -0.2) is 4.98 Å². The molecule has 5 nitrogen and oxygen atoms in total. The molecule has 9 heteroatoms. The van der Waals surface area contributed by atoms with Gasteiger partial charge in [0.2, 0.25) is 16.8 Å². The molecule has 2 aromatic rings. The molecule has 0 radical (unpaired) electrons. The van der Waals surface area contributed by atoms with Crippen LogP contribution in [0.3, 0.4) is 0 Å². The predicted octanol–water partition coefficient (Wildman–Crippen LogP) is 1.61. The second-order valence-electron chi connectivity index (χ2n) is 2.63. The van der Waals surface area contributed by atoms with Crippen LogP contribution in [0.2, 0.25) is 0 Å². The van der Waals surface area contributed by atoms with Crippen LogP contribution in [0.4, 0.5) is 13.2 Å². The second-order valence-corrected chi connectivity index (χ2v) is 3.36. The summed E-state index contributed by atoms with van der Waals surface area (Å²) in [7, 11) is 0. The molecule has 0 unspecified atom stereocenters. The van der Waals surface area contributed by atoms with E-state index in [-0.39, 0.29) is 11.0 Å². The van der Waals surface area contributed by atoms with Crippen LogP contribution in [0.25, 0.3) is 5.13 Å². The summed E-state index contributed by atoms with van der Waals surface area (Å²) in [5, 5.41) is 8.60. The summed E-state index contributed by atoms with van der Waals surface area (Å²) in [5.74, 6) is -1.25. The zero-order valence-corrected chi connectivity index (χ0v) is 8.25. The van der Waals surface area contributed by atoms with Gasteiger partial charge in [0.25, 0.3) is 0 Å². The van der Waals surface area contributed by atoms with Crippen LogP contribution in [0.15, 0.2) is 12.4 Å². The molecule has 2 heterocycles. The van der Waals surface area contributed by atoms with E-state index < -0.39 is 12.0 Å². The summed E-state index contributed by atoms with van der Waals surface area (Å²) < 4.78 is 41.0. The summed E-state index contributed by atoms with van der Waals surface area (Å²) >= 11 is 0.554. The molecular formula is C7H2F3N5S. The predicted molar refractivity (Wildman–Crippen MR) is 46.7 cm³/mol. The highest BCUT2D eigenvalue weighted by atomic mass is 32.1. The number of hydrogen-bond donors (Lipinski definition) is 0. The molecule has 0 spiro atoms. The third kappa shape index (κ3) is 1.74. The maximum Gasteiger partial charge on any atom is 0.452 e. The lowest BCUT2D eigenvalue weighted by atomic mass is 10.6. The maximum atomic E-state index is 12.2. The fourth-order valence-corrected chi connectivity index (χ4v) is 1.64. The number of hydrogen-bond acceptors (Lipinski definition) is 5. The first kappa shape index (κ1) is 10.6. The first-order valence-electron chi connectivity index (χ1n) is 3.87. The van der Waals surface area contributed by atoms with E-state index in [4.69, 9.17) is 5.26 Å². The molecule has 0 atom stereocenters. The fraction of sp³-hybridized carbons (Fsp3) is 0.143. The Labute approximate surface area is 91.0 Å². The third-order valence-corrected chi connectivity index (χ3v) is 2.33. The highest BCUT2D eigenvalue weighted by Crippen LogP contribution is 2.28. The van der Waals surface area contributed by atoms with Gasteiger partial charge in [-0.1, -0.05) is 0 Å². The average Bonchev–Trinajstić information content (AvgIpc) is 2.84. The monoisotopic (exact) mass is 245 g/mol. The van der Waals surface area contributed by atoms with E-state index in [1.807, 2.05) is 0 Å². The number of nitrogens with zero attached hydrogens (tertiary/aromatic N) is 5. The molecule has 0 aliphatic heterocycles. The Bertz CT molecular complexity index is 549. The van der Waals surface area contributed by atoms with Crippen LogP contribution >= 0.6 is 11.5 Å². The largest absolute Gasteiger partial charge is 0.452 e. The molecule has 2 rings (SSSR count). The molecule has 0 aliphatic rings.